The van der Waals surface area contributed by atoms with E-state index in [9.17, 15) is 4.79 Å². The van der Waals surface area contributed by atoms with Gasteiger partial charge >= 0.3 is 0 Å². The van der Waals surface area contributed by atoms with Gasteiger partial charge in [-0.1, -0.05) is 57.5 Å². The summed E-state index contributed by atoms with van der Waals surface area (Å²) in [6, 6.07) is 10.6. The van der Waals surface area contributed by atoms with Crippen molar-refractivity contribution in [2.45, 2.75) is 52.1 Å². The number of nitrogens with zero attached hydrogens (tertiary/aromatic N) is 1. The lowest BCUT2D eigenvalue weighted by molar-refractivity contribution is -0.131. The summed E-state index contributed by atoms with van der Waals surface area (Å²) in [6.07, 6.45) is 3.00. The van der Waals surface area contributed by atoms with Crippen molar-refractivity contribution < 1.29 is 4.79 Å². The molecular formula is C18H30N2O. The number of carbonyl (C=O) groups excluding carboxylic acids is 1. The van der Waals surface area contributed by atoms with Gasteiger partial charge in [0.2, 0.25) is 5.91 Å². The second-order valence-electron chi connectivity index (χ2n) is 6.33. The van der Waals surface area contributed by atoms with Crippen LogP contribution >= 0.6 is 0 Å². The van der Waals surface area contributed by atoms with Crippen LogP contribution in [-0.4, -0.2) is 30.9 Å². The molecule has 0 radical (unpaired) electrons. The molecule has 0 aromatic heterocycles. The number of rotatable bonds is 8. The van der Waals surface area contributed by atoms with E-state index < -0.39 is 0 Å². The Labute approximate surface area is 129 Å². The molecule has 0 fully saturated rings. The van der Waals surface area contributed by atoms with E-state index >= 15 is 0 Å². The molecule has 3 nitrogen and oxygen atoms in total. The van der Waals surface area contributed by atoms with Crippen LogP contribution in [0, 0.1) is 5.92 Å². The maximum absolute atomic E-state index is 12.4. The van der Waals surface area contributed by atoms with E-state index in [1.165, 1.54) is 5.56 Å². The first-order chi connectivity index (χ1) is 9.95. The molecule has 1 aromatic rings. The van der Waals surface area contributed by atoms with E-state index in [4.69, 9.17) is 0 Å². The van der Waals surface area contributed by atoms with Crippen LogP contribution in [0.4, 0.5) is 0 Å². The zero-order valence-corrected chi connectivity index (χ0v) is 14.1. The monoisotopic (exact) mass is 290 g/mol. The summed E-state index contributed by atoms with van der Waals surface area (Å²) in [5.41, 5.74) is 1.26. The minimum absolute atomic E-state index is 0.114. The van der Waals surface area contributed by atoms with Crippen LogP contribution in [0.2, 0.25) is 0 Å². The van der Waals surface area contributed by atoms with Crippen molar-refractivity contribution in [3.05, 3.63) is 35.9 Å². The predicted molar refractivity (Wildman–Crippen MR) is 89.2 cm³/mol. The molecule has 0 heterocycles. The van der Waals surface area contributed by atoms with Gasteiger partial charge in [-0.25, -0.2) is 0 Å². The normalized spacial score (nSPS) is 14.0. The quantitative estimate of drug-likeness (QED) is 0.793. The van der Waals surface area contributed by atoms with Crippen molar-refractivity contribution >= 4 is 5.91 Å². The van der Waals surface area contributed by atoms with Crippen LogP contribution in [0.15, 0.2) is 30.3 Å². The van der Waals surface area contributed by atoms with Crippen LogP contribution in [0.3, 0.4) is 0 Å². The van der Waals surface area contributed by atoms with E-state index in [1.807, 2.05) is 20.2 Å². The molecule has 1 N–H and O–H groups in total. The molecular weight excluding hydrogens is 260 g/mol. The van der Waals surface area contributed by atoms with Crippen LogP contribution in [-0.2, 0) is 4.79 Å². The topological polar surface area (TPSA) is 32.3 Å². The number of hydrogen-bond donors (Lipinski definition) is 1. The molecule has 0 aliphatic rings. The molecule has 21 heavy (non-hydrogen) atoms. The van der Waals surface area contributed by atoms with Gasteiger partial charge in [-0.2, -0.15) is 0 Å². The molecule has 0 spiro atoms. The second kappa shape index (κ2) is 8.83. The fourth-order valence-electron chi connectivity index (χ4n) is 2.59. The van der Waals surface area contributed by atoms with Crippen LogP contribution in [0.1, 0.15) is 51.6 Å². The molecule has 0 aliphatic carbocycles. The van der Waals surface area contributed by atoms with Gasteiger partial charge < -0.3 is 4.90 Å². The Morgan fingerprint density at radius 1 is 1.19 bits per heavy atom. The molecule has 0 aliphatic heterocycles. The molecule has 2 unspecified atom stereocenters. The molecule has 0 saturated carbocycles. The first-order valence-electron chi connectivity index (χ1n) is 7.97. The Balaban J connectivity index is 2.88. The van der Waals surface area contributed by atoms with Crippen LogP contribution < -0.4 is 5.32 Å². The summed E-state index contributed by atoms with van der Waals surface area (Å²) in [6.45, 7) is 6.51. The highest BCUT2D eigenvalue weighted by Crippen LogP contribution is 2.21. The van der Waals surface area contributed by atoms with Gasteiger partial charge in [0.25, 0.3) is 0 Å². The largest absolute Gasteiger partial charge is 0.347 e. The number of carbonyl (C=O) groups is 1. The lowest BCUT2D eigenvalue weighted by Crippen LogP contribution is -2.45. The van der Waals surface area contributed by atoms with Crippen molar-refractivity contribution in [3.63, 3.8) is 0 Å². The molecule has 1 rings (SSSR count). The van der Waals surface area contributed by atoms with E-state index in [0.717, 1.165) is 19.3 Å². The smallest absolute Gasteiger partial charge is 0.239 e. The average molecular weight is 290 g/mol. The van der Waals surface area contributed by atoms with Crippen molar-refractivity contribution in [1.82, 2.24) is 10.2 Å². The SMILES string of the molecule is CCCC(NC(CC(C)C)C(=O)N(C)C)c1ccccc1. The minimum Gasteiger partial charge on any atom is -0.347 e. The predicted octanol–water partition coefficient (Wildman–Crippen LogP) is 3.62. The van der Waals surface area contributed by atoms with Gasteiger partial charge in [0.15, 0.2) is 0 Å². The van der Waals surface area contributed by atoms with Crippen molar-refractivity contribution in [3.8, 4) is 0 Å². The lowest BCUT2D eigenvalue weighted by atomic mass is 9.97. The van der Waals surface area contributed by atoms with Gasteiger partial charge in [0.05, 0.1) is 6.04 Å². The van der Waals surface area contributed by atoms with E-state index in [2.05, 4.69) is 50.4 Å². The Morgan fingerprint density at radius 2 is 1.81 bits per heavy atom. The van der Waals surface area contributed by atoms with Crippen LogP contribution in [0.25, 0.3) is 0 Å². The first-order valence-corrected chi connectivity index (χ1v) is 7.97. The molecule has 0 bridgehead atoms. The Bertz CT molecular complexity index is 414. The van der Waals surface area contributed by atoms with Gasteiger partial charge in [0.1, 0.15) is 0 Å². The van der Waals surface area contributed by atoms with E-state index in [0.29, 0.717) is 5.92 Å². The maximum atomic E-state index is 12.4. The summed E-state index contributed by atoms with van der Waals surface area (Å²) in [4.78, 5) is 14.1. The third kappa shape index (κ3) is 5.88. The van der Waals surface area contributed by atoms with Crippen LogP contribution in [0.5, 0.6) is 0 Å². The third-order valence-corrected chi connectivity index (χ3v) is 3.63. The average Bonchev–Trinajstić information content (AvgIpc) is 2.45. The summed E-state index contributed by atoms with van der Waals surface area (Å²) in [5, 5.41) is 3.59. The van der Waals surface area contributed by atoms with E-state index in [-0.39, 0.29) is 18.0 Å². The Hall–Kier alpha value is -1.35. The zero-order valence-electron chi connectivity index (χ0n) is 14.1. The van der Waals surface area contributed by atoms with Gasteiger partial charge in [-0.3, -0.25) is 10.1 Å². The van der Waals surface area contributed by atoms with Crippen molar-refractivity contribution in [2.75, 3.05) is 14.1 Å². The number of benzene rings is 1. The number of likely N-dealkylation sites (N-methyl/N-ethyl adjacent to an activating group) is 1. The fraction of sp³-hybridized carbons (Fsp3) is 0.611. The third-order valence-electron chi connectivity index (χ3n) is 3.63. The standard InChI is InChI=1S/C18H30N2O/c1-6-10-16(15-11-8-7-9-12-15)19-17(13-14(2)3)18(21)20(4)5/h7-9,11-12,14,16-17,19H,6,10,13H2,1-5H3. The molecule has 3 heteroatoms. The highest BCUT2D eigenvalue weighted by atomic mass is 16.2. The van der Waals surface area contributed by atoms with Gasteiger partial charge in [-0.05, 0) is 24.3 Å². The second-order valence-corrected chi connectivity index (χ2v) is 6.33. The van der Waals surface area contributed by atoms with E-state index in [1.54, 1.807) is 4.90 Å². The van der Waals surface area contributed by atoms with Gasteiger partial charge in [-0.15, -0.1) is 0 Å². The molecule has 2 atom stereocenters. The zero-order chi connectivity index (χ0) is 15.8. The lowest BCUT2D eigenvalue weighted by Gasteiger charge is -2.28. The Kier molecular flexibility index (Phi) is 7.44. The summed E-state index contributed by atoms with van der Waals surface area (Å²) in [5.74, 6) is 0.658. The molecule has 118 valence electrons. The van der Waals surface area contributed by atoms with Crippen molar-refractivity contribution in [2.24, 2.45) is 5.92 Å². The molecule has 0 saturated heterocycles. The molecule has 1 aromatic carbocycles. The number of hydrogen-bond acceptors (Lipinski definition) is 2. The summed E-state index contributed by atoms with van der Waals surface area (Å²) in [7, 11) is 3.66. The highest BCUT2D eigenvalue weighted by Gasteiger charge is 2.24. The van der Waals surface area contributed by atoms with Crippen molar-refractivity contribution in [1.29, 1.82) is 0 Å². The highest BCUT2D eigenvalue weighted by molar-refractivity contribution is 5.81. The summed E-state index contributed by atoms with van der Waals surface area (Å²) < 4.78 is 0. The Morgan fingerprint density at radius 3 is 2.29 bits per heavy atom. The number of nitrogens with one attached hydrogen (secondary N) is 1. The maximum Gasteiger partial charge on any atom is 0.239 e. The minimum atomic E-state index is -0.114. The first kappa shape index (κ1) is 17.7. The summed E-state index contributed by atoms with van der Waals surface area (Å²) >= 11 is 0. The molecule has 1 amide bonds. The number of amides is 1. The van der Waals surface area contributed by atoms with Gasteiger partial charge in [0, 0.05) is 20.1 Å². The fourth-order valence-corrected chi connectivity index (χ4v) is 2.59.